The summed E-state index contributed by atoms with van der Waals surface area (Å²) in [5.74, 6) is -2.99. The number of aromatic nitrogens is 1. The maximum Gasteiger partial charge on any atom is 0.417 e. The van der Waals surface area contributed by atoms with Gasteiger partial charge in [-0.15, -0.1) is 0 Å². The highest BCUT2D eigenvalue weighted by Gasteiger charge is 2.32. The highest BCUT2D eigenvalue weighted by atomic mass is 35.5. The van der Waals surface area contributed by atoms with E-state index in [1.807, 2.05) is 0 Å². The number of carboxylic acids is 1. The summed E-state index contributed by atoms with van der Waals surface area (Å²) in [7, 11) is 0. The first kappa shape index (κ1) is 13.4. The van der Waals surface area contributed by atoms with Gasteiger partial charge in [-0.1, -0.05) is 11.6 Å². The predicted molar refractivity (Wildman–Crippen MR) is 50.6 cm³/mol. The van der Waals surface area contributed by atoms with Crippen molar-refractivity contribution in [3.05, 3.63) is 28.5 Å². The zero-order valence-corrected chi connectivity index (χ0v) is 8.84. The van der Waals surface area contributed by atoms with Crippen molar-refractivity contribution in [3.8, 4) is 0 Å². The molecular formula is C9H5ClF3NO3. The normalized spacial score (nSPS) is 11.3. The molecule has 0 saturated heterocycles. The number of halogens is 4. The summed E-state index contributed by atoms with van der Waals surface area (Å²) in [6.07, 6.45) is -4.85. The molecule has 0 saturated carbocycles. The first-order valence-corrected chi connectivity index (χ1v) is 4.57. The number of ketones is 1. The lowest BCUT2D eigenvalue weighted by molar-refractivity contribution is -0.148. The van der Waals surface area contributed by atoms with Crippen LogP contribution in [0.4, 0.5) is 13.2 Å². The number of nitrogens with zero attached hydrogens (tertiary/aromatic N) is 1. The molecule has 1 aromatic rings. The van der Waals surface area contributed by atoms with Crippen molar-refractivity contribution >= 4 is 23.4 Å². The van der Waals surface area contributed by atoms with Crippen LogP contribution in [0.15, 0.2) is 12.3 Å². The Kier molecular flexibility index (Phi) is 3.72. The lowest BCUT2D eigenvalue weighted by Crippen LogP contribution is -2.16. The second-order valence-electron chi connectivity index (χ2n) is 3.08. The van der Waals surface area contributed by atoms with E-state index in [1.165, 1.54) is 0 Å². The number of Topliss-reactive ketones (excluding diaryl/α,β-unsaturated/α-hetero) is 1. The van der Waals surface area contributed by atoms with Crippen LogP contribution in [0.3, 0.4) is 0 Å². The Morgan fingerprint density at radius 3 is 2.47 bits per heavy atom. The highest BCUT2D eigenvalue weighted by Crippen LogP contribution is 2.30. The van der Waals surface area contributed by atoms with Crippen molar-refractivity contribution < 1.29 is 27.9 Å². The summed E-state index contributed by atoms with van der Waals surface area (Å²) in [5, 5.41) is 8.00. The summed E-state index contributed by atoms with van der Waals surface area (Å²) in [6, 6.07) is 0.607. The van der Waals surface area contributed by atoms with E-state index in [4.69, 9.17) is 16.7 Å². The third-order valence-corrected chi connectivity index (χ3v) is 2.17. The molecule has 1 aromatic heterocycles. The molecule has 92 valence electrons. The van der Waals surface area contributed by atoms with Gasteiger partial charge in [0.2, 0.25) is 5.78 Å². The molecule has 0 unspecified atom stereocenters. The number of carbonyl (C=O) groups excluding carboxylic acids is 1. The van der Waals surface area contributed by atoms with E-state index >= 15 is 0 Å². The molecule has 17 heavy (non-hydrogen) atoms. The standard InChI is InChI=1S/C9H5ClF3NO3/c10-7-4(2-6(15)8(16)17)1-5(3-14-7)9(11,12)13/h1,3H,2H2,(H,16,17). The molecule has 0 aromatic carbocycles. The second-order valence-corrected chi connectivity index (χ2v) is 3.43. The highest BCUT2D eigenvalue weighted by molar-refractivity contribution is 6.34. The van der Waals surface area contributed by atoms with Crippen LogP contribution in [0.25, 0.3) is 0 Å². The monoisotopic (exact) mass is 267 g/mol. The van der Waals surface area contributed by atoms with E-state index in [0.717, 1.165) is 0 Å². The molecule has 0 spiro atoms. The van der Waals surface area contributed by atoms with Crippen LogP contribution in [0.2, 0.25) is 5.15 Å². The summed E-state index contributed by atoms with van der Waals surface area (Å²) in [5.41, 5.74) is -1.36. The molecule has 0 amide bonds. The zero-order valence-electron chi connectivity index (χ0n) is 8.08. The van der Waals surface area contributed by atoms with E-state index < -0.39 is 29.9 Å². The Bertz CT molecular complexity index is 473. The first-order valence-electron chi connectivity index (χ1n) is 4.19. The number of hydrogen-bond donors (Lipinski definition) is 1. The average molecular weight is 268 g/mol. The summed E-state index contributed by atoms with van der Waals surface area (Å²) < 4.78 is 36.9. The third-order valence-electron chi connectivity index (χ3n) is 1.83. The number of alkyl halides is 3. The van der Waals surface area contributed by atoms with E-state index in [0.29, 0.717) is 12.3 Å². The number of rotatable bonds is 3. The second kappa shape index (κ2) is 4.70. The van der Waals surface area contributed by atoms with Gasteiger partial charge in [0.05, 0.1) is 5.56 Å². The quantitative estimate of drug-likeness (QED) is 0.671. The molecule has 0 bridgehead atoms. The summed E-state index contributed by atoms with van der Waals surface area (Å²) in [6.45, 7) is 0. The molecule has 0 radical (unpaired) electrons. The van der Waals surface area contributed by atoms with Gasteiger partial charge in [0, 0.05) is 12.6 Å². The minimum atomic E-state index is -4.63. The molecule has 1 N–H and O–H groups in total. The van der Waals surface area contributed by atoms with Crippen LogP contribution in [-0.2, 0) is 22.2 Å². The molecule has 0 aliphatic rings. The maximum atomic E-state index is 12.3. The largest absolute Gasteiger partial charge is 0.475 e. The molecule has 0 fully saturated rings. The topological polar surface area (TPSA) is 67.3 Å². The van der Waals surface area contributed by atoms with Gasteiger partial charge in [-0.2, -0.15) is 13.2 Å². The number of hydrogen-bond acceptors (Lipinski definition) is 3. The Hall–Kier alpha value is -1.63. The van der Waals surface area contributed by atoms with Gasteiger partial charge in [-0.3, -0.25) is 4.79 Å². The first-order chi connectivity index (χ1) is 7.71. The van der Waals surface area contributed by atoms with Gasteiger partial charge in [0.25, 0.3) is 0 Å². The Labute approximate surface area is 98.0 Å². The van der Waals surface area contributed by atoms with Crippen LogP contribution in [0.1, 0.15) is 11.1 Å². The van der Waals surface area contributed by atoms with Crippen LogP contribution < -0.4 is 0 Å². The molecule has 1 heterocycles. The number of aliphatic carboxylic acids is 1. The lowest BCUT2D eigenvalue weighted by Gasteiger charge is -2.08. The molecule has 0 aliphatic carbocycles. The van der Waals surface area contributed by atoms with Crippen molar-refractivity contribution in [1.29, 1.82) is 0 Å². The molecule has 1 rings (SSSR count). The van der Waals surface area contributed by atoms with E-state index in [9.17, 15) is 22.8 Å². The lowest BCUT2D eigenvalue weighted by atomic mass is 10.1. The third kappa shape index (κ3) is 3.42. The fraction of sp³-hybridized carbons (Fsp3) is 0.222. The van der Waals surface area contributed by atoms with Gasteiger partial charge >= 0.3 is 12.1 Å². The van der Waals surface area contributed by atoms with E-state index in [1.54, 1.807) is 0 Å². The molecule has 8 heteroatoms. The Morgan fingerprint density at radius 1 is 1.41 bits per heavy atom. The minimum Gasteiger partial charge on any atom is -0.475 e. The van der Waals surface area contributed by atoms with Gasteiger partial charge in [-0.25, -0.2) is 9.78 Å². The molecule has 0 aliphatic heterocycles. The van der Waals surface area contributed by atoms with Crippen molar-refractivity contribution in [2.24, 2.45) is 0 Å². The molecular weight excluding hydrogens is 263 g/mol. The summed E-state index contributed by atoms with van der Waals surface area (Å²) in [4.78, 5) is 24.4. The Morgan fingerprint density at radius 2 is 2.00 bits per heavy atom. The SMILES string of the molecule is O=C(O)C(=O)Cc1cc(C(F)(F)F)cnc1Cl. The maximum absolute atomic E-state index is 12.3. The zero-order chi connectivity index (χ0) is 13.2. The van der Waals surface area contributed by atoms with Crippen molar-refractivity contribution in [3.63, 3.8) is 0 Å². The number of pyridine rings is 1. The number of carboxylic acid groups (broad SMARTS) is 1. The average Bonchev–Trinajstić information content (AvgIpc) is 2.19. The van der Waals surface area contributed by atoms with Gasteiger partial charge in [-0.05, 0) is 11.6 Å². The van der Waals surface area contributed by atoms with E-state index in [-0.39, 0.29) is 10.7 Å². The fourth-order valence-corrected chi connectivity index (χ4v) is 1.19. The predicted octanol–water partition coefficient (Wildman–Crippen LogP) is 1.95. The molecule has 0 atom stereocenters. The fourth-order valence-electron chi connectivity index (χ4n) is 1.02. The van der Waals surface area contributed by atoms with Gasteiger partial charge < -0.3 is 5.11 Å². The van der Waals surface area contributed by atoms with Crippen LogP contribution in [0.5, 0.6) is 0 Å². The molecule has 4 nitrogen and oxygen atoms in total. The van der Waals surface area contributed by atoms with Gasteiger partial charge in [0.15, 0.2) is 0 Å². The van der Waals surface area contributed by atoms with Crippen LogP contribution >= 0.6 is 11.6 Å². The van der Waals surface area contributed by atoms with Crippen LogP contribution in [0, 0.1) is 0 Å². The van der Waals surface area contributed by atoms with Crippen molar-refractivity contribution in [2.75, 3.05) is 0 Å². The summed E-state index contributed by atoms with van der Waals surface area (Å²) >= 11 is 5.47. The minimum absolute atomic E-state index is 0.270. The van der Waals surface area contributed by atoms with Gasteiger partial charge in [0.1, 0.15) is 5.15 Å². The number of carbonyl (C=O) groups is 2. The smallest absolute Gasteiger partial charge is 0.417 e. The van der Waals surface area contributed by atoms with E-state index in [2.05, 4.69) is 4.98 Å². The van der Waals surface area contributed by atoms with Crippen molar-refractivity contribution in [1.82, 2.24) is 4.98 Å². The van der Waals surface area contributed by atoms with Crippen LogP contribution in [-0.4, -0.2) is 21.8 Å². The van der Waals surface area contributed by atoms with Crippen molar-refractivity contribution in [2.45, 2.75) is 12.6 Å². The Balaban J connectivity index is 3.07.